The van der Waals surface area contributed by atoms with Crippen molar-refractivity contribution >= 4 is 0 Å². The molecule has 1 N–H and O–H groups in total. The fourth-order valence-corrected chi connectivity index (χ4v) is 3.38. The summed E-state index contributed by atoms with van der Waals surface area (Å²) in [5.41, 5.74) is 1.26. The second-order valence-electron chi connectivity index (χ2n) is 5.65. The van der Waals surface area contributed by atoms with Crippen LogP contribution in [0, 0.1) is 11.8 Å². The van der Waals surface area contributed by atoms with Crippen molar-refractivity contribution in [3.63, 3.8) is 0 Å². The Morgan fingerprint density at radius 3 is 2.60 bits per heavy atom. The molecule has 0 saturated heterocycles. The predicted molar refractivity (Wildman–Crippen MR) is 65.9 cm³/mol. The molecule has 0 bridgehead atoms. The van der Waals surface area contributed by atoms with Gasteiger partial charge >= 0.3 is 0 Å². The lowest BCUT2D eigenvalue weighted by Crippen LogP contribution is -2.39. The molecule has 0 aromatic heterocycles. The molecule has 1 nitrogen and oxygen atoms in total. The maximum Gasteiger partial charge on any atom is 0.0161 e. The standard InChI is InChI=1S/C14H25N/c1-11(2)10-15-14-8-7-12-5-3-4-6-13(12)9-14/h12-15H,1,3-10H2,2H3. The summed E-state index contributed by atoms with van der Waals surface area (Å²) >= 11 is 0. The molecule has 0 aromatic rings. The van der Waals surface area contributed by atoms with Gasteiger partial charge in [0.05, 0.1) is 0 Å². The predicted octanol–water partition coefficient (Wildman–Crippen LogP) is 3.51. The van der Waals surface area contributed by atoms with Gasteiger partial charge in [-0.1, -0.05) is 37.8 Å². The summed E-state index contributed by atoms with van der Waals surface area (Å²) < 4.78 is 0. The van der Waals surface area contributed by atoms with Crippen LogP contribution in [0.1, 0.15) is 51.9 Å². The average Bonchev–Trinajstić information content (AvgIpc) is 2.26. The van der Waals surface area contributed by atoms with Crippen molar-refractivity contribution in [1.29, 1.82) is 0 Å². The summed E-state index contributed by atoms with van der Waals surface area (Å²) in [6.07, 6.45) is 10.3. The molecule has 0 radical (unpaired) electrons. The van der Waals surface area contributed by atoms with Crippen molar-refractivity contribution in [2.45, 2.75) is 57.9 Å². The first-order chi connectivity index (χ1) is 7.25. The molecule has 0 spiro atoms. The zero-order valence-electron chi connectivity index (χ0n) is 10.1. The van der Waals surface area contributed by atoms with Crippen LogP contribution in [0.2, 0.25) is 0 Å². The highest BCUT2D eigenvalue weighted by molar-refractivity contribution is 4.93. The third-order valence-electron chi connectivity index (χ3n) is 4.23. The first-order valence-corrected chi connectivity index (χ1v) is 6.63. The molecule has 86 valence electrons. The molecule has 2 fully saturated rings. The minimum atomic E-state index is 0.779. The van der Waals surface area contributed by atoms with Crippen LogP contribution in [0.5, 0.6) is 0 Å². The Morgan fingerprint density at radius 2 is 1.87 bits per heavy atom. The first-order valence-electron chi connectivity index (χ1n) is 6.63. The van der Waals surface area contributed by atoms with Crippen LogP contribution in [-0.4, -0.2) is 12.6 Å². The van der Waals surface area contributed by atoms with Gasteiger partial charge in [-0.15, -0.1) is 0 Å². The third-order valence-corrected chi connectivity index (χ3v) is 4.23. The van der Waals surface area contributed by atoms with E-state index >= 15 is 0 Å². The number of hydrogen-bond donors (Lipinski definition) is 1. The summed E-state index contributed by atoms with van der Waals surface area (Å²) in [7, 11) is 0. The highest BCUT2D eigenvalue weighted by Crippen LogP contribution is 2.40. The van der Waals surface area contributed by atoms with Crippen molar-refractivity contribution in [2.75, 3.05) is 6.54 Å². The van der Waals surface area contributed by atoms with E-state index in [0.717, 1.165) is 24.4 Å². The van der Waals surface area contributed by atoms with Gasteiger partial charge in [-0.25, -0.2) is 0 Å². The van der Waals surface area contributed by atoms with Crippen molar-refractivity contribution in [1.82, 2.24) is 5.32 Å². The molecule has 1 heteroatoms. The smallest absolute Gasteiger partial charge is 0.0161 e. The molecular formula is C14H25N. The van der Waals surface area contributed by atoms with E-state index in [0.29, 0.717) is 0 Å². The van der Waals surface area contributed by atoms with Gasteiger partial charge in [0.2, 0.25) is 0 Å². The SMILES string of the molecule is C=C(C)CNC1CCC2CCCCC2C1. The van der Waals surface area contributed by atoms with E-state index in [4.69, 9.17) is 0 Å². The molecular weight excluding hydrogens is 182 g/mol. The molecule has 3 atom stereocenters. The molecule has 2 rings (SSSR count). The Balaban J connectivity index is 1.78. The zero-order chi connectivity index (χ0) is 10.7. The lowest BCUT2D eigenvalue weighted by Gasteiger charge is -2.39. The lowest BCUT2D eigenvalue weighted by molar-refractivity contribution is 0.145. The molecule has 2 aliphatic rings. The Bertz CT molecular complexity index is 221. The van der Waals surface area contributed by atoms with E-state index < -0.39 is 0 Å². The summed E-state index contributed by atoms with van der Waals surface area (Å²) in [4.78, 5) is 0. The molecule has 0 aliphatic heterocycles. The van der Waals surface area contributed by atoms with E-state index in [1.165, 1.54) is 50.5 Å². The molecule has 0 heterocycles. The summed E-state index contributed by atoms with van der Waals surface area (Å²) in [5.74, 6) is 2.11. The zero-order valence-corrected chi connectivity index (χ0v) is 10.1. The normalized spacial score (nSPS) is 35.9. The first kappa shape index (κ1) is 11.2. The van der Waals surface area contributed by atoms with E-state index in [2.05, 4.69) is 18.8 Å². The molecule has 2 saturated carbocycles. The van der Waals surface area contributed by atoms with Gasteiger partial charge in [-0.05, 0) is 38.0 Å². The summed E-state index contributed by atoms with van der Waals surface area (Å²) in [6, 6.07) is 0.779. The minimum Gasteiger partial charge on any atom is -0.310 e. The van der Waals surface area contributed by atoms with Gasteiger partial charge in [0, 0.05) is 12.6 Å². The van der Waals surface area contributed by atoms with Crippen LogP contribution in [0.4, 0.5) is 0 Å². The quantitative estimate of drug-likeness (QED) is 0.698. The molecule has 0 amide bonds. The number of rotatable bonds is 3. The highest BCUT2D eigenvalue weighted by atomic mass is 14.9. The molecule has 0 aromatic carbocycles. The van der Waals surface area contributed by atoms with Crippen LogP contribution in [-0.2, 0) is 0 Å². The monoisotopic (exact) mass is 207 g/mol. The van der Waals surface area contributed by atoms with Crippen LogP contribution in [0.25, 0.3) is 0 Å². The summed E-state index contributed by atoms with van der Waals surface area (Å²) in [6.45, 7) is 7.08. The Labute approximate surface area is 94.3 Å². The largest absolute Gasteiger partial charge is 0.310 e. The average molecular weight is 207 g/mol. The van der Waals surface area contributed by atoms with Crippen LogP contribution in [0.3, 0.4) is 0 Å². The molecule has 15 heavy (non-hydrogen) atoms. The van der Waals surface area contributed by atoms with Gasteiger partial charge < -0.3 is 5.32 Å². The van der Waals surface area contributed by atoms with Gasteiger partial charge in [0.1, 0.15) is 0 Å². The topological polar surface area (TPSA) is 12.0 Å². The van der Waals surface area contributed by atoms with Gasteiger partial charge in [0.15, 0.2) is 0 Å². The summed E-state index contributed by atoms with van der Waals surface area (Å²) in [5, 5.41) is 3.65. The highest BCUT2D eigenvalue weighted by Gasteiger charge is 2.31. The van der Waals surface area contributed by atoms with Crippen molar-refractivity contribution in [3.05, 3.63) is 12.2 Å². The van der Waals surface area contributed by atoms with Crippen LogP contribution in [0.15, 0.2) is 12.2 Å². The maximum atomic E-state index is 3.96. The molecule has 2 aliphatic carbocycles. The number of nitrogens with one attached hydrogen (secondary N) is 1. The van der Waals surface area contributed by atoms with Gasteiger partial charge in [-0.2, -0.15) is 0 Å². The van der Waals surface area contributed by atoms with Gasteiger partial charge in [0.25, 0.3) is 0 Å². The van der Waals surface area contributed by atoms with E-state index in [1.807, 2.05) is 0 Å². The van der Waals surface area contributed by atoms with Gasteiger partial charge in [-0.3, -0.25) is 0 Å². The minimum absolute atomic E-state index is 0.779. The third kappa shape index (κ3) is 3.07. The van der Waals surface area contributed by atoms with E-state index in [9.17, 15) is 0 Å². The van der Waals surface area contributed by atoms with Crippen molar-refractivity contribution < 1.29 is 0 Å². The maximum absolute atomic E-state index is 3.96. The second-order valence-corrected chi connectivity index (χ2v) is 5.65. The number of fused-ring (bicyclic) bond motifs is 1. The lowest BCUT2D eigenvalue weighted by atomic mass is 9.69. The second kappa shape index (κ2) is 5.16. The van der Waals surface area contributed by atoms with Crippen LogP contribution < -0.4 is 5.32 Å². The Morgan fingerprint density at radius 1 is 1.13 bits per heavy atom. The molecule has 3 unspecified atom stereocenters. The number of hydrogen-bond acceptors (Lipinski definition) is 1. The fraction of sp³-hybridized carbons (Fsp3) is 0.857. The fourth-order valence-electron chi connectivity index (χ4n) is 3.38. The van der Waals surface area contributed by atoms with Crippen molar-refractivity contribution in [3.8, 4) is 0 Å². The van der Waals surface area contributed by atoms with E-state index in [1.54, 1.807) is 0 Å². The van der Waals surface area contributed by atoms with E-state index in [-0.39, 0.29) is 0 Å². The van der Waals surface area contributed by atoms with Crippen LogP contribution >= 0.6 is 0 Å². The Hall–Kier alpha value is -0.300. The Kier molecular flexibility index (Phi) is 3.85. The van der Waals surface area contributed by atoms with Crippen molar-refractivity contribution in [2.24, 2.45) is 11.8 Å².